The molecule has 6 nitrogen and oxygen atoms in total. The molecule has 21 heavy (non-hydrogen) atoms. The largest absolute Gasteiger partial charge is 0.390 e. The summed E-state index contributed by atoms with van der Waals surface area (Å²) in [7, 11) is 0. The molecule has 0 amide bonds. The fourth-order valence-corrected chi connectivity index (χ4v) is 2.93. The van der Waals surface area contributed by atoms with Crippen molar-refractivity contribution in [2.45, 2.75) is 36.8 Å². The summed E-state index contributed by atoms with van der Waals surface area (Å²) in [6, 6.07) is 8.97. The maximum Gasteiger partial charge on any atom is 0.263 e. The van der Waals surface area contributed by atoms with Crippen LogP contribution in [0.3, 0.4) is 0 Å². The zero-order chi connectivity index (χ0) is 15.2. The summed E-state index contributed by atoms with van der Waals surface area (Å²) in [6.07, 6.45) is -3.10. The number of aliphatic hydroxyl groups excluding tert-OH is 3. The Labute approximate surface area is 120 Å². The van der Waals surface area contributed by atoms with Crippen LogP contribution < -0.4 is 0 Å². The molecule has 1 aromatic carbocycles. The van der Waals surface area contributed by atoms with E-state index < -0.39 is 29.8 Å². The SMILES string of the molecule is O=C(n1ccc2ccccc21)C1(O)C[C@@H](O)C(O)[C@H](O)C1. The van der Waals surface area contributed by atoms with E-state index in [0.717, 1.165) is 5.39 Å². The summed E-state index contributed by atoms with van der Waals surface area (Å²) < 4.78 is 1.31. The van der Waals surface area contributed by atoms with Crippen LogP contribution in [-0.4, -0.2) is 54.8 Å². The van der Waals surface area contributed by atoms with Crippen molar-refractivity contribution in [1.29, 1.82) is 0 Å². The molecule has 1 aromatic heterocycles. The minimum Gasteiger partial charge on any atom is -0.390 e. The van der Waals surface area contributed by atoms with Crippen molar-refractivity contribution in [3.05, 3.63) is 36.5 Å². The van der Waals surface area contributed by atoms with Gasteiger partial charge in [-0.1, -0.05) is 18.2 Å². The number of fused-ring (bicyclic) bond motifs is 1. The van der Waals surface area contributed by atoms with Gasteiger partial charge in [0, 0.05) is 24.4 Å². The summed E-state index contributed by atoms with van der Waals surface area (Å²) in [5.74, 6) is -0.617. The Balaban J connectivity index is 1.98. The van der Waals surface area contributed by atoms with Gasteiger partial charge in [0.1, 0.15) is 11.7 Å². The summed E-state index contributed by atoms with van der Waals surface area (Å²) in [4.78, 5) is 12.6. The van der Waals surface area contributed by atoms with Crippen molar-refractivity contribution in [3.63, 3.8) is 0 Å². The lowest BCUT2D eigenvalue weighted by Gasteiger charge is -2.39. The third-order valence-corrected chi connectivity index (χ3v) is 4.10. The van der Waals surface area contributed by atoms with Crippen molar-refractivity contribution in [1.82, 2.24) is 4.57 Å². The minimum absolute atomic E-state index is 0.309. The molecule has 6 heteroatoms. The fraction of sp³-hybridized carbons (Fsp3) is 0.400. The molecule has 0 bridgehead atoms. The van der Waals surface area contributed by atoms with E-state index in [4.69, 9.17) is 0 Å². The van der Waals surface area contributed by atoms with E-state index in [1.165, 1.54) is 4.57 Å². The molecule has 0 unspecified atom stereocenters. The third kappa shape index (κ3) is 2.26. The normalized spacial score (nSPS) is 33.2. The highest BCUT2D eigenvalue weighted by molar-refractivity contribution is 5.96. The first kappa shape index (κ1) is 14.2. The Hall–Kier alpha value is -1.73. The van der Waals surface area contributed by atoms with E-state index >= 15 is 0 Å². The first-order chi connectivity index (χ1) is 9.92. The molecular formula is C15H17NO5. The molecule has 0 saturated heterocycles. The first-order valence-electron chi connectivity index (χ1n) is 6.80. The Kier molecular flexibility index (Phi) is 3.33. The Morgan fingerprint density at radius 1 is 1.10 bits per heavy atom. The lowest BCUT2D eigenvalue weighted by Crippen LogP contribution is -2.57. The molecule has 0 radical (unpaired) electrons. The standard InChI is InChI=1S/C15H17NO5/c17-11-7-15(21,8-12(18)13(11)19)14(20)16-6-5-9-3-1-2-4-10(9)16/h1-6,11-13,17-19,21H,7-8H2/t11-,12-,13?,15?/m1/s1. The molecule has 1 saturated carbocycles. The van der Waals surface area contributed by atoms with Crippen LogP contribution >= 0.6 is 0 Å². The number of nitrogens with zero attached hydrogens (tertiary/aromatic N) is 1. The van der Waals surface area contributed by atoms with Crippen molar-refractivity contribution in [2.75, 3.05) is 0 Å². The molecular weight excluding hydrogens is 274 g/mol. The fourth-order valence-electron chi connectivity index (χ4n) is 2.93. The van der Waals surface area contributed by atoms with Gasteiger partial charge in [0.15, 0.2) is 0 Å². The van der Waals surface area contributed by atoms with Crippen LogP contribution in [0.2, 0.25) is 0 Å². The van der Waals surface area contributed by atoms with Crippen LogP contribution in [0.5, 0.6) is 0 Å². The predicted molar refractivity (Wildman–Crippen MR) is 74.8 cm³/mol. The van der Waals surface area contributed by atoms with E-state index in [2.05, 4.69) is 0 Å². The average molecular weight is 291 g/mol. The van der Waals surface area contributed by atoms with Gasteiger partial charge >= 0.3 is 0 Å². The number of benzene rings is 1. The highest BCUT2D eigenvalue weighted by Crippen LogP contribution is 2.31. The highest BCUT2D eigenvalue weighted by atomic mass is 16.4. The molecule has 3 rings (SSSR count). The molecule has 1 aliphatic carbocycles. The molecule has 2 aromatic rings. The second kappa shape index (κ2) is 4.92. The minimum atomic E-state index is -1.90. The first-order valence-corrected chi connectivity index (χ1v) is 6.80. The molecule has 4 N–H and O–H groups in total. The summed E-state index contributed by atoms with van der Waals surface area (Å²) in [5, 5.41) is 40.3. The zero-order valence-electron chi connectivity index (χ0n) is 11.3. The number of carbonyl (C=O) groups is 1. The molecule has 0 spiro atoms. The van der Waals surface area contributed by atoms with Crippen LogP contribution in [0.25, 0.3) is 10.9 Å². The molecule has 1 heterocycles. The van der Waals surface area contributed by atoms with Crippen molar-refractivity contribution in [3.8, 4) is 0 Å². The highest BCUT2D eigenvalue weighted by Gasteiger charge is 2.48. The number of hydrogen-bond acceptors (Lipinski definition) is 5. The van der Waals surface area contributed by atoms with Crippen LogP contribution in [0, 0.1) is 0 Å². The van der Waals surface area contributed by atoms with E-state index in [9.17, 15) is 25.2 Å². The van der Waals surface area contributed by atoms with Gasteiger partial charge < -0.3 is 20.4 Å². The van der Waals surface area contributed by atoms with Crippen LogP contribution in [0.15, 0.2) is 36.5 Å². The maximum atomic E-state index is 12.6. The Bertz CT molecular complexity index is 668. The van der Waals surface area contributed by atoms with Gasteiger partial charge in [-0.3, -0.25) is 9.36 Å². The van der Waals surface area contributed by atoms with Crippen molar-refractivity contribution >= 4 is 16.8 Å². The molecule has 1 fully saturated rings. The molecule has 0 aliphatic heterocycles. The van der Waals surface area contributed by atoms with Crippen molar-refractivity contribution < 1.29 is 25.2 Å². The monoisotopic (exact) mass is 291 g/mol. The van der Waals surface area contributed by atoms with Crippen LogP contribution in [-0.2, 0) is 0 Å². The lowest BCUT2D eigenvalue weighted by molar-refractivity contribution is -0.140. The number of aliphatic hydroxyl groups is 4. The van der Waals surface area contributed by atoms with Crippen LogP contribution in [0.4, 0.5) is 0 Å². The molecule has 112 valence electrons. The number of aromatic nitrogens is 1. The topological polar surface area (TPSA) is 103 Å². The summed E-state index contributed by atoms with van der Waals surface area (Å²) in [6.45, 7) is 0. The van der Waals surface area contributed by atoms with Gasteiger partial charge in [-0.25, -0.2) is 0 Å². The van der Waals surface area contributed by atoms with E-state index in [1.807, 2.05) is 12.1 Å². The number of hydrogen-bond donors (Lipinski definition) is 4. The van der Waals surface area contributed by atoms with Gasteiger partial charge in [-0.2, -0.15) is 0 Å². The summed E-state index contributed by atoms with van der Waals surface area (Å²) >= 11 is 0. The maximum absolute atomic E-state index is 12.6. The van der Waals surface area contributed by atoms with E-state index in [1.54, 1.807) is 24.4 Å². The van der Waals surface area contributed by atoms with Gasteiger partial charge in [0.2, 0.25) is 0 Å². The second-order valence-corrected chi connectivity index (χ2v) is 5.61. The van der Waals surface area contributed by atoms with Gasteiger partial charge in [0.25, 0.3) is 5.91 Å². The van der Waals surface area contributed by atoms with E-state index in [-0.39, 0.29) is 12.8 Å². The Morgan fingerprint density at radius 3 is 2.38 bits per heavy atom. The molecule has 1 aliphatic rings. The smallest absolute Gasteiger partial charge is 0.263 e. The molecule has 2 atom stereocenters. The second-order valence-electron chi connectivity index (χ2n) is 5.61. The van der Waals surface area contributed by atoms with Gasteiger partial charge in [-0.05, 0) is 12.1 Å². The van der Waals surface area contributed by atoms with Crippen LogP contribution in [0.1, 0.15) is 17.6 Å². The quantitative estimate of drug-likeness (QED) is 0.587. The van der Waals surface area contributed by atoms with E-state index in [0.29, 0.717) is 5.52 Å². The number of rotatable bonds is 1. The third-order valence-electron chi connectivity index (χ3n) is 4.10. The van der Waals surface area contributed by atoms with Gasteiger partial charge in [0.05, 0.1) is 17.7 Å². The number of para-hydroxylation sites is 1. The number of carbonyl (C=O) groups excluding carboxylic acids is 1. The van der Waals surface area contributed by atoms with Crippen molar-refractivity contribution in [2.24, 2.45) is 0 Å². The zero-order valence-corrected chi connectivity index (χ0v) is 11.3. The Morgan fingerprint density at radius 2 is 1.71 bits per heavy atom. The summed E-state index contributed by atoms with van der Waals surface area (Å²) in [5.41, 5.74) is -1.26. The predicted octanol–water partition coefficient (Wildman–Crippen LogP) is -0.111. The van der Waals surface area contributed by atoms with Gasteiger partial charge in [-0.15, -0.1) is 0 Å². The lowest BCUT2D eigenvalue weighted by atomic mass is 9.79. The average Bonchev–Trinajstić information content (AvgIpc) is 2.87.